The van der Waals surface area contributed by atoms with Crippen molar-refractivity contribution in [3.8, 4) is 0 Å². The zero-order valence-corrected chi connectivity index (χ0v) is 18.5. The Hall–Kier alpha value is -3.01. The fraction of sp³-hybridized carbons (Fsp3) is 0.591. The molecule has 0 aromatic carbocycles. The minimum atomic E-state index is -0.617. The minimum absolute atomic E-state index is 0.0942. The van der Waals surface area contributed by atoms with Gasteiger partial charge in [-0.05, 0) is 42.9 Å². The van der Waals surface area contributed by atoms with Crippen LogP contribution in [0.2, 0.25) is 0 Å². The summed E-state index contributed by atoms with van der Waals surface area (Å²) in [6.07, 6.45) is 6.15. The lowest BCUT2D eigenvalue weighted by Gasteiger charge is -2.31. The summed E-state index contributed by atoms with van der Waals surface area (Å²) < 4.78 is 5.25. The first-order valence-corrected chi connectivity index (χ1v) is 10.9. The van der Waals surface area contributed by atoms with E-state index in [9.17, 15) is 19.2 Å². The van der Waals surface area contributed by atoms with Crippen LogP contribution in [-0.4, -0.2) is 95.9 Å². The number of ether oxygens (including phenoxy) is 1. The zero-order valence-electron chi connectivity index (χ0n) is 18.5. The molecule has 2 unspecified atom stereocenters. The summed E-state index contributed by atoms with van der Waals surface area (Å²) in [7, 11) is 3.00. The number of aromatic nitrogens is 1. The maximum atomic E-state index is 13.2. The third kappa shape index (κ3) is 4.32. The number of nitrogens with zero attached hydrogens (tertiary/aromatic N) is 4. The van der Waals surface area contributed by atoms with Crippen LogP contribution in [-0.2, 0) is 32.0 Å². The third-order valence-electron chi connectivity index (χ3n) is 6.73. The van der Waals surface area contributed by atoms with Gasteiger partial charge in [0.15, 0.2) is 0 Å². The maximum Gasteiger partial charge on any atom is 0.327 e. The lowest BCUT2D eigenvalue weighted by molar-refractivity contribution is -0.135. The summed E-state index contributed by atoms with van der Waals surface area (Å²) in [5.74, 6) is -0.683. The third-order valence-corrected chi connectivity index (χ3v) is 6.73. The van der Waals surface area contributed by atoms with Gasteiger partial charge in [0.05, 0.1) is 5.54 Å². The highest BCUT2D eigenvalue weighted by molar-refractivity contribution is 6.03. The Morgan fingerprint density at radius 3 is 2.75 bits per heavy atom. The van der Waals surface area contributed by atoms with Gasteiger partial charge in [0.25, 0.3) is 0 Å². The molecule has 0 bridgehead atoms. The van der Waals surface area contributed by atoms with Crippen molar-refractivity contribution in [1.29, 1.82) is 0 Å². The van der Waals surface area contributed by atoms with Gasteiger partial charge < -0.3 is 19.9 Å². The fourth-order valence-electron chi connectivity index (χ4n) is 4.89. The number of methoxy groups -OCH3 is 1. The van der Waals surface area contributed by atoms with E-state index in [4.69, 9.17) is 4.74 Å². The van der Waals surface area contributed by atoms with Crippen LogP contribution >= 0.6 is 0 Å². The smallest absolute Gasteiger partial charge is 0.327 e. The number of imide groups is 1. The number of carbonyl (C=O) groups is 4. The number of likely N-dealkylation sites (N-methyl/N-ethyl adjacent to an activating group) is 1. The van der Waals surface area contributed by atoms with Gasteiger partial charge in [-0.25, -0.2) is 4.79 Å². The summed E-state index contributed by atoms with van der Waals surface area (Å²) in [6, 6.07) is 1.49. The predicted octanol–water partition coefficient (Wildman–Crippen LogP) is -0.186. The summed E-state index contributed by atoms with van der Waals surface area (Å²) in [4.78, 5) is 58.0. The van der Waals surface area contributed by atoms with Crippen LogP contribution in [0.3, 0.4) is 0 Å². The van der Waals surface area contributed by atoms with E-state index in [1.165, 1.54) is 17.5 Å². The summed E-state index contributed by atoms with van der Waals surface area (Å²) in [6.45, 7) is 1.10. The molecular formula is C22H29N5O5. The lowest BCUT2D eigenvalue weighted by atomic mass is 9.94. The van der Waals surface area contributed by atoms with Crippen LogP contribution in [0.25, 0.3) is 0 Å². The molecule has 1 N–H and O–H groups in total. The molecule has 10 heteroatoms. The largest absolute Gasteiger partial charge is 0.385 e. The van der Waals surface area contributed by atoms with Crippen LogP contribution in [0.1, 0.15) is 24.0 Å². The molecule has 10 nitrogen and oxygen atoms in total. The van der Waals surface area contributed by atoms with E-state index in [0.29, 0.717) is 45.4 Å². The van der Waals surface area contributed by atoms with E-state index < -0.39 is 11.6 Å². The van der Waals surface area contributed by atoms with Gasteiger partial charge in [0.2, 0.25) is 17.7 Å². The number of amides is 5. The minimum Gasteiger partial charge on any atom is -0.385 e. The first-order valence-electron chi connectivity index (χ1n) is 10.9. The highest BCUT2D eigenvalue weighted by atomic mass is 16.5. The molecule has 1 aromatic rings. The molecule has 2 atom stereocenters. The number of hydrogen-bond donors (Lipinski definition) is 1. The van der Waals surface area contributed by atoms with Crippen LogP contribution in [0.5, 0.6) is 0 Å². The van der Waals surface area contributed by atoms with Gasteiger partial charge in [0, 0.05) is 52.2 Å². The molecule has 172 valence electrons. The summed E-state index contributed by atoms with van der Waals surface area (Å²) in [5, 5.41) is 3.05. The molecule has 2 saturated heterocycles. The molecule has 0 radical (unpaired) electrons. The van der Waals surface area contributed by atoms with Crippen molar-refractivity contribution < 1.29 is 23.9 Å². The van der Waals surface area contributed by atoms with Crippen molar-refractivity contribution in [1.82, 2.24) is 25.0 Å². The molecule has 1 aromatic heterocycles. The van der Waals surface area contributed by atoms with E-state index >= 15 is 0 Å². The second-order valence-electron chi connectivity index (χ2n) is 8.92. The van der Waals surface area contributed by atoms with Crippen LogP contribution in [0.15, 0.2) is 18.5 Å². The first kappa shape index (κ1) is 22.2. The number of pyridine rings is 1. The topological polar surface area (TPSA) is 112 Å². The van der Waals surface area contributed by atoms with Gasteiger partial charge in [-0.15, -0.1) is 0 Å². The Balaban J connectivity index is 1.39. The van der Waals surface area contributed by atoms with Crippen LogP contribution in [0.4, 0.5) is 4.79 Å². The molecule has 3 heterocycles. The number of fused-ring (bicyclic) bond motifs is 1. The van der Waals surface area contributed by atoms with Gasteiger partial charge in [-0.1, -0.05) is 0 Å². The molecule has 3 aliphatic rings. The van der Waals surface area contributed by atoms with E-state index in [0.717, 1.165) is 10.5 Å². The SMILES string of the molecule is COCCC1(NC(=O)CN2CC(=O)N(C)C2=O)CCN(C(=O)C2Cc3ccncc3C2)C1. The van der Waals surface area contributed by atoms with E-state index in [1.807, 2.05) is 17.2 Å². The predicted molar refractivity (Wildman–Crippen MR) is 113 cm³/mol. The van der Waals surface area contributed by atoms with Gasteiger partial charge in [0.1, 0.15) is 13.1 Å². The van der Waals surface area contributed by atoms with Crippen molar-refractivity contribution >= 4 is 23.8 Å². The molecule has 2 aliphatic heterocycles. The molecule has 2 fully saturated rings. The number of hydrogen-bond acceptors (Lipinski definition) is 6. The maximum absolute atomic E-state index is 13.2. The number of nitrogens with one attached hydrogen (secondary N) is 1. The molecule has 0 saturated carbocycles. The highest BCUT2D eigenvalue weighted by Gasteiger charge is 2.44. The Morgan fingerprint density at radius 1 is 1.28 bits per heavy atom. The monoisotopic (exact) mass is 443 g/mol. The standard InChI is InChI=1S/C22H29N5O5/c1-25-19(29)13-27(21(25)31)12-18(28)24-22(5-8-32-2)4-7-26(14-22)20(30)16-9-15-3-6-23-11-17(15)10-16/h3,6,11,16H,4-5,7-10,12-14H2,1-2H3,(H,24,28). The van der Waals surface area contributed by atoms with Crippen LogP contribution < -0.4 is 5.32 Å². The number of carbonyl (C=O) groups excluding carboxylic acids is 4. The molecule has 32 heavy (non-hydrogen) atoms. The fourth-order valence-corrected chi connectivity index (χ4v) is 4.89. The molecule has 4 rings (SSSR count). The summed E-state index contributed by atoms with van der Waals surface area (Å²) >= 11 is 0. The Bertz CT molecular complexity index is 912. The Labute approximate surface area is 186 Å². The van der Waals surface area contributed by atoms with E-state index in [1.54, 1.807) is 13.3 Å². The van der Waals surface area contributed by atoms with Crippen molar-refractivity contribution in [2.24, 2.45) is 5.92 Å². The van der Waals surface area contributed by atoms with Gasteiger partial charge in [-0.2, -0.15) is 0 Å². The second-order valence-corrected chi connectivity index (χ2v) is 8.92. The Kier molecular flexibility index (Phi) is 6.14. The average molecular weight is 444 g/mol. The van der Waals surface area contributed by atoms with Crippen molar-refractivity contribution in [3.63, 3.8) is 0 Å². The van der Waals surface area contributed by atoms with Crippen molar-refractivity contribution in [2.75, 3.05) is 46.9 Å². The molecular weight excluding hydrogens is 414 g/mol. The van der Waals surface area contributed by atoms with E-state index in [2.05, 4.69) is 10.3 Å². The first-order chi connectivity index (χ1) is 15.3. The Morgan fingerprint density at radius 2 is 2.06 bits per heavy atom. The lowest BCUT2D eigenvalue weighted by Crippen LogP contribution is -2.54. The number of likely N-dealkylation sites (tertiary alicyclic amines) is 1. The van der Waals surface area contributed by atoms with Gasteiger partial charge in [-0.3, -0.25) is 24.3 Å². The van der Waals surface area contributed by atoms with Crippen molar-refractivity contribution in [3.05, 3.63) is 29.6 Å². The van der Waals surface area contributed by atoms with E-state index in [-0.39, 0.29) is 36.7 Å². The molecule has 5 amide bonds. The van der Waals surface area contributed by atoms with Gasteiger partial charge >= 0.3 is 6.03 Å². The second kappa shape index (κ2) is 8.85. The average Bonchev–Trinajstić information content (AvgIpc) is 3.45. The molecule has 1 aliphatic carbocycles. The number of rotatable bonds is 7. The van der Waals surface area contributed by atoms with Crippen molar-refractivity contribution in [2.45, 2.75) is 31.2 Å². The molecule has 0 spiro atoms. The van der Waals surface area contributed by atoms with Crippen LogP contribution in [0, 0.1) is 5.92 Å². The quantitative estimate of drug-likeness (QED) is 0.585. The normalized spacial score (nSPS) is 24.9. The highest BCUT2D eigenvalue weighted by Crippen LogP contribution is 2.31. The summed E-state index contributed by atoms with van der Waals surface area (Å²) in [5.41, 5.74) is 1.68. The zero-order chi connectivity index (χ0) is 22.9. The number of urea groups is 1.